The second-order valence-corrected chi connectivity index (χ2v) is 3.62. The van der Waals surface area contributed by atoms with Crippen LogP contribution in [-0.4, -0.2) is 33.4 Å². The number of nitrogen functional groups attached to an aromatic ring is 1. The fourth-order valence-corrected chi connectivity index (χ4v) is 1.40. The topological polar surface area (TPSA) is 84.1 Å². The summed E-state index contributed by atoms with van der Waals surface area (Å²) < 4.78 is 0. The number of hydrogen-bond donors (Lipinski definition) is 2. The highest BCUT2D eigenvalue weighted by Crippen LogP contribution is 2.06. The van der Waals surface area contributed by atoms with Gasteiger partial charge in [0.1, 0.15) is 5.69 Å². The average molecular weight is 223 g/mol. The van der Waals surface area contributed by atoms with Crippen molar-refractivity contribution in [2.45, 2.75) is 26.8 Å². The molecule has 88 valence electrons. The minimum atomic E-state index is -0.117. The molecular weight excluding hydrogens is 206 g/mol. The number of carbonyl (C=O) groups is 1. The lowest BCUT2D eigenvalue weighted by molar-refractivity contribution is 0.0710. The standard InChI is InChI=1S/C10H17N5O/c1-4-15(7(2)3)10(16)8-5-13-9(14-11)6-12-8/h5-7H,4,11H2,1-3H3,(H,13,14). The highest BCUT2D eigenvalue weighted by atomic mass is 16.2. The summed E-state index contributed by atoms with van der Waals surface area (Å²) in [5, 5.41) is 0. The van der Waals surface area contributed by atoms with Crippen LogP contribution in [0.25, 0.3) is 0 Å². The third-order valence-electron chi connectivity index (χ3n) is 2.24. The number of anilines is 1. The van der Waals surface area contributed by atoms with Crippen molar-refractivity contribution in [1.82, 2.24) is 14.9 Å². The minimum absolute atomic E-state index is 0.117. The first kappa shape index (κ1) is 12.4. The summed E-state index contributed by atoms with van der Waals surface area (Å²) in [6.45, 7) is 6.51. The summed E-state index contributed by atoms with van der Waals surface area (Å²) >= 11 is 0. The van der Waals surface area contributed by atoms with Crippen LogP contribution in [0, 0.1) is 0 Å². The lowest BCUT2D eigenvalue weighted by Crippen LogP contribution is -2.37. The summed E-state index contributed by atoms with van der Waals surface area (Å²) in [7, 11) is 0. The van der Waals surface area contributed by atoms with Gasteiger partial charge in [0, 0.05) is 12.6 Å². The number of aromatic nitrogens is 2. The van der Waals surface area contributed by atoms with Crippen molar-refractivity contribution in [3.63, 3.8) is 0 Å². The van der Waals surface area contributed by atoms with Crippen molar-refractivity contribution in [1.29, 1.82) is 0 Å². The van der Waals surface area contributed by atoms with Crippen LogP contribution >= 0.6 is 0 Å². The molecule has 0 aromatic carbocycles. The van der Waals surface area contributed by atoms with Crippen molar-refractivity contribution in [2.24, 2.45) is 5.84 Å². The summed E-state index contributed by atoms with van der Waals surface area (Å²) in [6.07, 6.45) is 2.85. The smallest absolute Gasteiger partial charge is 0.274 e. The largest absolute Gasteiger partial charge is 0.335 e. The molecule has 0 aliphatic carbocycles. The maximum absolute atomic E-state index is 12.0. The fraction of sp³-hybridized carbons (Fsp3) is 0.500. The number of hydrogen-bond acceptors (Lipinski definition) is 5. The number of carbonyl (C=O) groups excluding carboxylic acids is 1. The van der Waals surface area contributed by atoms with Crippen LogP contribution < -0.4 is 11.3 Å². The predicted molar refractivity (Wildman–Crippen MR) is 61.7 cm³/mol. The number of amides is 1. The van der Waals surface area contributed by atoms with Crippen molar-refractivity contribution in [3.8, 4) is 0 Å². The van der Waals surface area contributed by atoms with E-state index < -0.39 is 0 Å². The Bertz CT molecular complexity index is 349. The van der Waals surface area contributed by atoms with Gasteiger partial charge >= 0.3 is 0 Å². The van der Waals surface area contributed by atoms with Gasteiger partial charge in [0.15, 0.2) is 5.82 Å². The zero-order valence-corrected chi connectivity index (χ0v) is 9.77. The number of nitrogens with two attached hydrogens (primary N) is 1. The molecule has 16 heavy (non-hydrogen) atoms. The van der Waals surface area contributed by atoms with E-state index in [1.807, 2.05) is 20.8 Å². The molecule has 0 atom stereocenters. The highest BCUT2D eigenvalue weighted by molar-refractivity contribution is 5.92. The molecule has 0 radical (unpaired) electrons. The zero-order chi connectivity index (χ0) is 12.1. The van der Waals surface area contributed by atoms with E-state index in [0.29, 0.717) is 18.1 Å². The van der Waals surface area contributed by atoms with E-state index in [4.69, 9.17) is 5.84 Å². The summed E-state index contributed by atoms with van der Waals surface area (Å²) in [6, 6.07) is 0.145. The molecule has 1 rings (SSSR count). The van der Waals surface area contributed by atoms with Crippen LogP contribution in [0.15, 0.2) is 12.4 Å². The van der Waals surface area contributed by atoms with Crippen molar-refractivity contribution >= 4 is 11.7 Å². The molecule has 1 heterocycles. The Labute approximate surface area is 94.8 Å². The van der Waals surface area contributed by atoms with Crippen LogP contribution in [0.5, 0.6) is 0 Å². The van der Waals surface area contributed by atoms with Crippen molar-refractivity contribution < 1.29 is 4.79 Å². The van der Waals surface area contributed by atoms with E-state index in [1.54, 1.807) is 4.90 Å². The Morgan fingerprint density at radius 1 is 1.50 bits per heavy atom. The normalized spacial score (nSPS) is 10.3. The molecule has 1 amide bonds. The second-order valence-electron chi connectivity index (χ2n) is 3.62. The van der Waals surface area contributed by atoms with Gasteiger partial charge in [-0.2, -0.15) is 0 Å². The van der Waals surface area contributed by atoms with Crippen LogP contribution in [0.3, 0.4) is 0 Å². The quantitative estimate of drug-likeness (QED) is 0.578. The predicted octanol–water partition coefficient (Wildman–Crippen LogP) is 0.633. The summed E-state index contributed by atoms with van der Waals surface area (Å²) in [5.74, 6) is 5.48. The maximum atomic E-state index is 12.0. The van der Waals surface area contributed by atoms with E-state index in [2.05, 4.69) is 15.4 Å². The molecule has 0 fully saturated rings. The Morgan fingerprint density at radius 2 is 2.19 bits per heavy atom. The Kier molecular flexibility index (Phi) is 4.19. The van der Waals surface area contributed by atoms with Gasteiger partial charge in [-0.15, -0.1) is 0 Å². The Hall–Kier alpha value is -1.69. The van der Waals surface area contributed by atoms with Gasteiger partial charge in [0.25, 0.3) is 5.91 Å². The van der Waals surface area contributed by atoms with Gasteiger partial charge in [-0.25, -0.2) is 15.8 Å². The second kappa shape index (κ2) is 5.41. The molecule has 0 spiro atoms. The Balaban J connectivity index is 2.86. The molecule has 0 bridgehead atoms. The van der Waals surface area contributed by atoms with Crippen LogP contribution in [0.2, 0.25) is 0 Å². The molecule has 3 N–H and O–H groups in total. The van der Waals surface area contributed by atoms with Crippen LogP contribution in [0.1, 0.15) is 31.3 Å². The zero-order valence-electron chi connectivity index (χ0n) is 9.77. The Morgan fingerprint density at radius 3 is 2.56 bits per heavy atom. The van der Waals surface area contributed by atoms with Gasteiger partial charge in [-0.05, 0) is 20.8 Å². The number of nitrogens with one attached hydrogen (secondary N) is 1. The molecule has 0 aliphatic rings. The number of hydrazine groups is 1. The van der Waals surface area contributed by atoms with E-state index in [0.717, 1.165) is 0 Å². The molecule has 6 nitrogen and oxygen atoms in total. The monoisotopic (exact) mass is 223 g/mol. The number of rotatable bonds is 4. The summed E-state index contributed by atoms with van der Waals surface area (Å²) in [5.41, 5.74) is 2.69. The van der Waals surface area contributed by atoms with Gasteiger partial charge in [0.2, 0.25) is 0 Å². The lowest BCUT2D eigenvalue weighted by Gasteiger charge is -2.24. The third-order valence-corrected chi connectivity index (χ3v) is 2.24. The average Bonchev–Trinajstić information content (AvgIpc) is 2.29. The van der Waals surface area contributed by atoms with Crippen LogP contribution in [0.4, 0.5) is 5.82 Å². The van der Waals surface area contributed by atoms with E-state index in [9.17, 15) is 4.79 Å². The molecule has 0 saturated carbocycles. The van der Waals surface area contributed by atoms with Crippen molar-refractivity contribution in [2.75, 3.05) is 12.0 Å². The lowest BCUT2D eigenvalue weighted by atomic mass is 10.3. The molecule has 0 aliphatic heterocycles. The minimum Gasteiger partial charge on any atom is -0.335 e. The molecule has 6 heteroatoms. The third kappa shape index (κ3) is 2.66. The van der Waals surface area contributed by atoms with E-state index in [-0.39, 0.29) is 11.9 Å². The molecular formula is C10H17N5O. The molecule has 1 aromatic rings. The fourth-order valence-electron chi connectivity index (χ4n) is 1.40. The first-order valence-electron chi connectivity index (χ1n) is 5.19. The van der Waals surface area contributed by atoms with E-state index >= 15 is 0 Å². The first-order valence-corrected chi connectivity index (χ1v) is 5.19. The number of nitrogens with zero attached hydrogens (tertiary/aromatic N) is 3. The summed E-state index contributed by atoms with van der Waals surface area (Å²) in [4.78, 5) is 21.7. The molecule has 1 aromatic heterocycles. The van der Waals surface area contributed by atoms with Crippen LogP contribution in [-0.2, 0) is 0 Å². The maximum Gasteiger partial charge on any atom is 0.274 e. The van der Waals surface area contributed by atoms with Gasteiger partial charge < -0.3 is 10.3 Å². The first-order chi connectivity index (χ1) is 7.60. The van der Waals surface area contributed by atoms with E-state index in [1.165, 1.54) is 12.4 Å². The highest BCUT2D eigenvalue weighted by Gasteiger charge is 2.18. The van der Waals surface area contributed by atoms with Gasteiger partial charge in [-0.3, -0.25) is 4.79 Å². The molecule has 0 saturated heterocycles. The van der Waals surface area contributed by atoms with Gasteiger partial charge in [-0.1, -0.05) is 0 Å². The van der Waals surface area contributed by atoms with Gasteiger partial charge in [0.05, 0.1) is 12.4 Å². The molecule has 0 unspecified atom stereocenters. The SMILES string of the molecule is CCN(C(=O)c1cnc(NN)cn1)C(C)C. The van der Waals surface area contributed by atoms with Crippen molar-refractivity contribution in [3.05, 3.63) is 18.1 Å².